The molecule has 0 atom stereocenters. The number of imidazole rings is 1. The van der Waals surface area contributed by atoms with Crippen LogP contribution < -0.4 is 4.74 Å². The Morgan fingerprint density at radius 1 is 1.53 bits per heavy atom. The molecule has 0 aromatic carbocycles. The van der Waals surface area contributed by atoms with Gasteiger partial charge in [-0.1, -0.05) is 0 Å². The largest absolute Gasteiger partial charge is 0.491 e. The number of methoxy groups -OCH3 is 1. The molecule has 15 heavy (non-hydrogen) atoms. The zero-order chi connectivity index (χ0) is 10.7. The molecule has 0 fully saturated rings. The van der Waals surface area contributed by atoms with E-state index in [9.17, 15) is 4.39 Å². The van der Waals surface area contributed by atoms with Gasteiger partial charge in [-0.15, -0.1) is 0 Å². The standard InChI is InChI=1S/C9H9FN4O/c1-15-7-4-12-8(13-9(7)10)5-14-3-2-11-6-14/h2-4,6H,5H2,1H3. The van der Waals surface area contributed by atoms with Crippen molar-refractivity contribution in [1.29, 1.82) is 0 Å². The predicted molar refractivity (Wildman–Crippen MR) is 49.9 cm³/mol. The van der Waals surface area contributed by atoms with E-state index in [1.165, 1.54) is 13.3 Å². The van der Waals surface area contributed by atoms with Crippen LogP contribution in [0.1, 0.15) is 5.82 Å². The number of ether oxygens (including phenoxy) is 1. The minimum atomic E-state index is -0.650. The molecule has 2 aromatic heterocycles. The van der Waals surface area contributed by atoms with E-state index >= 15 is 0 Å². The molecule has 0 spiro atoms. The summed E-state index contributed by atoms with van der Waals surface area (Å²) in [5.41, 5.74) is 0. The minimum absolute atomic E-state index is 0.0457. The first-order chi connectivity index (χ1) is 7.29. The van der Waals surface area contributed by atoms with Crippen molar-refractivity contribution >= 4 is 0 Å². The summed E-state index contributed by atoms with van der Waals surface area (Å²) in [7, 11) is 1.37. The number of rotatable bonds is 3. The highest BCUT2D eigenvalue weighted by atomic mass is 19.1. The normalized spacial score (nSPS) is 10.3. The molecule has 0 bridgehead atoms. The van der Waals surface area contributed by atoms with Crippen LogP contribution in [0.25, 0.3) is 0 Å². The highest BCUT2D eigenvalue weighted by Crippen LogP contribution is 2.11. The van der Waals surface area contributed by atoms with E-state index in [4.69, 9.17) is 4.74 Å². The van der Waals surface area contributed by atoms with Crippen LogP contribution in [-0.2, 0) is 6.54 Å². The first kappa shape index (κ1) is 9.57. The summed E-state index contributed by atoms with van der Waals surface area (Å²) >= 11 is 0. The first-order valence-electron chi connectivity index (χ1n) is 4.30. The summed E-state index contributed by atoms with van der Waals surface area (Å²) in [6.07, 6.45) is 6.32. The van der Waals surface area contributed by atoms with Crippen molar-refractivity contribution in [3.8, 4) is 5.75 Å². The van der Waals surface area contributed by atoms with Crippen LogP contribution in [0, 0.1) is 5.95 Å². The van der Waals surface area contributed by atoms with Crippen LogP contribution >= 0.6 is 0 Å². The maximum atomic E-state index is 13.2. The third-order valence-electron chi connectivity index (χ3n) is 1.86. The van der Waals surface area contributed by atoms with Gasteiger partial charge in [0.05, 0.1) is 26.2 Å². The van der Waals surface area contributed by atoms with Gasteiger partial charge >= 0.3 is 0 Å². The lowest BCUT2D eigenvalue weighted by Gasteiger charge is -2.03. The Morgan fingerprint density at radius 3 is 3.00 bits per heavy atom. The molecule has 2 aromatic rings. The van der Waals surface area contributed by atoms with Crippen LogP contribution in [-0.4, -0.2) is 26.6 Å². The van der Waals surface area contributed by atoms with Gasteiger partial charge < -0.3 is 9.30 Å². The van der Waals surface area contributed by atoms with E-state index in [1.807, 2.05) is 0 Å². The van der Waals surface area contributed by atoms with Crippen LogP contribution in [0.2, 0.25) is 0 Å². The molecule has 0 saturated heterocycles. The van der Waals surface area contributed by atoms with Crippen molar-refractivity contribution in [2.75, 3.05) is 7.11 Å². The molecule has 0 aliphatic rings. The van der Waals surface area contributed by atoms with Crippen molar-refractivity contribution in [2.45, 2.75) is 6.54 Å². The lowest BCUT2D eigenvalue weighted by molar-refractivity contribution is 0.372. The van der Waals surface area contributed by atoms with E-state index in [2.05, 4.69) is 15.0 Å². The number of nitrogens with zero attached hydrogens (tertiary/aromatic N) is 4. The fourth-order valence-electron chi connectivity index (χ4n) is 1.14. The first-order valence-corrected chi connectivity index (χ1v) is 4.30. The van der Waals surface area contributed by atoms with Crippen LogP contribution in [0.3, 0.4) is 0 Å². The smallest absolute Gasteiger partial charge is 0.258 e. The number of halogens is 1. The highest BCUT2D eigenvalue weighted by Gasteiger charge is 2.06. The number of aromatic nitrogens is 4. The molecule has 0 amide bonds. The van der Waals surface area contributed by atoms with Crippen molar-refractivity contribution in [3.05, 3.63) is 36.7 Å². The zero-order valence-electron chi connectivity index (χ0n) is 8.09. The molecule has 6 heteroatoms. The molecule has 0 unspecified atom stereocenters. The Hall–Kier alpha value is -1.98. The molecule has 2 rings (SSSR count). The summed E-state index contributed by atoms with van der Waals surface area (Å²) in [6.45, 7) is 0.390. The zero-order valence-corrected chi connectivity index (χ0v) is 8.09. The van der Waals surface area contributed by atoms with Gasteiger partial charge in [-0.25, -0.2) is 9.97 Å². The molecule has 5 nitrogen and oxygen atoms in total. The Bertz CT molecular complexity index is 443. The van der Waals surface area contributed by atoms with E-state index in [0.717, 1.165) is 0 Å². The maximum absolute atomic E-state index is 13.2. The second-order valence-electron chi connectivity index (χ2n) is 2.88. The van der Waals surface area contributed by atoms with E-state index < -0.39 is 5.95 Å². The third kappa shape index (κ3) is 2.09. The lowest BCUT2D eigenvalue weighted by atomic mass is 10.5. The molecule has 2 heterocycles. The Labute approximate surface area is 85.6 Å². The van der Waals surface area contributed by atoms with Crippen molar-refractivity contribution in [2.24, 2.45) is 0 Å². The number of hydrogen-bond donors (Lipinski definition) is 0. The monoisotopic (exact) mass is 208 g/mol. The summed E-state index contributed by atoms with van der Waals surface area (Å²) in [6, 6.07) is 0. The molecule has 0 aliphatic heterocycles. The van der Waals surface area contributed by atoms with Crippen LogP contribution in [0.4, 0.5) is 4.39 Å². The van der Waals surface area contributed by atoms with E-state index in [1.54, 1.807) is 23.3 Å². The van der Waals surface area contributed by atoms with Gasteiger partial charge in [-0.05, 0) is 0 Å². The average Bonchev–Trinajstić information content (AvgIpc) is 2.71. The Morgan fingerprint density at radius 2 is 2.40 bits per heavy atom. The van der Waals surface area contributed by atoms with Gasteiger partial charge in [0.2, 0.25) is 0 Å². The van der Waals surface area contributed by atoms with Gasteiger partial charge in [0.25, 0.3) is 5.95 Å². The summed E-state index contributed by atoms with van der Waals surface area (Å²) < 4.78 is 19.6. The molecule has 0 aliphatic carbocycles. The Balaban J connectivity index is 2.20. The van der Waals surface area contributed by atoms with Gasteiger partial charge in [0.1, 0.15) is 0 Å². The van der Waals surface area contributed by atoms with Crippen LogP contribution in [0.15, 0.2) is 24.9 Å². The molecular formula is C9H9FN4O. The van der Waals surface area contributed by atoms with Gasteiger partial charge in [0.15, 0.2) is 11.6 Å². The number of hydrogen-bond acceptors (Lipinski definition) is 4. The quantitative estimate of drug-likeness (QED) is 0.702. The van der Waals surface area contributed by atoms with Crippen molar-refractivity contribution in [3.63, 3.8) is 0 Å². The maximum Gasteiger partial charge on any atom is 0.258 e. The summed E-state index contributed by atoms with van der Waals surface area (Å²) in [4.78, 5) is 11.5. The average molecular weight is 208 g/mol. The third-order valence-corrected chi connectivity index (χ3v) is 1.86. The SMILES string of the molecule is COc1cnc(Cn2ccnc2)nc1F. The topological polar surface area (TPSA) is 52.8 Å². The molecule has 0 N–H and O–H groups in total. The predicted octanol–water partition coefficient (Wildman–Crippen LogP) is 0.869. The highest BCUT2D eigenvalue weighted by molar-refractivity contribution is 5.14. The summed E-state index contributed by atoms with van der Waals surface area (Å²) in [5.74, 6) is -0.224. The fraction of sp³-hybridized carbons (Fsp3) is 0.222. The Kier molecular flexibility index (Phi) is 2.57. The molecule has 0 saturated carbocycles. The second kappa shape index (κ2) is 4.04. The van der Waals surface area contributed by atoms with Crippen LogP contribution in [0.5, 0.6) is 5.75 Å². The van der Waals surface area contributed by atoms with Gasteiger partial charge in [-0.2, -0.15) is 9.37 Å². The molecule has 78 valence electrons. The summed E-state index contributed by atoms with van der Waals surface area (Å²) in [5, 5.41) is 0. The minimum Gasteiger partial charge on any atom is -0.491 e. The van der Waals surface area contributed by atoms with Gasteiger partial charge in [-0.3, -0.25) is 0 Å². The molecule has 0 radical (unpaired) electrons. The lowest BCUT2D eigenvalue weighted by Crippen LogP contribution is -2.04. The van der Waals surface area contributed by atoms with Gasteiger partial charge in [0, 0.05) is 12.4 Å². The molecular weight excluding hydrogens is 199 g/mol. The van der Waals surface area contributed by atoms with Crippen molar-refractivity contribution < 1.29 is 9.13 Å². The van der Waals surface area contributed by atoms with E-state index in [0.29, 0.717) is 12.4 Å². The van der Waals surface area contributed by atoms with Crippen molar-refractivity contribution in [1.82, 2.24) is 19.5 Å². The second-order valence-corrected chi connectivity index (χ2v) is 2.88. The fourth-order valence-corrected chi connectivity index (χ4v) is 1.14. The van der Waals surface area contributed by atoms with E-state index in [-0.39, 0.29) is 5.75 Å².